The van der Waals surface area contributed by atoms with Crippen LogP contribution in [0.3, 0.4) is 0 Å². The van der Waals surface area contributed by atoms with E-state index >= 15 is 0 Å². The van der Waals surface area contributed by atoms with Crippen molar-refractivity contribution in [1.29, 1.82) is 0 Å². The monoisotopic (exact) mass is 239 g/mol. The van der Waals surface area contributed by atoms with E-state index < -0.39 is 0 Å². The van der Waals surface area contributed by atoms with Gasteiger partial charge in [0.1, 0.15) is 0 Å². The number of hydrogen-bond acceptors (Lipinski definition) is 2. The molecule has 1 atom stereocenters. The molecule has 1 heterocycles. The Labute approximate surface area is 104 Å². The molecule has 0 aliphatic rings. The Hall–Kier alpha value is -0.340. The van der Waals surface area contributed by atoms with Gasteiger partial charge in [0.05, 0.1) is 0 Å². The third-order valence-electron chi connectivity index (χ3n) is 3.00. The van der Waals surface area contributed by atoms with Gasteiger partial charge in [-0.15, -0.1) is 11.3 Å². The number of hydrogen-bond donors (Lipinski definition) is 1. The average molecular weight is 239 g/mol. The minimum atomic E-state index is 0.268. The number of rotatable bonds is 8. The molecule has 92 valence electrons. The summed E-state index contributed by atoms with van der Waals surface area (Å²) in [4.78, 5) is 2.72. The minimum absolute atomic E-state index is 0.268. The van der Waals surface area contributed by atoms with E-state index in [0.29, 0.717) is 0 Å². The van der Waals surface area contributed by atoms with Crippen LogP contribution in [0.15, 0.2) is 12.1 Å². The molecule has 1 nitrogen and oxygen atoms in total. The van der Waals surface area contributed by atoms with Gasteiger partial charge in [0, 0.05) is 15.8 Å². The SMILES string of the molecule is CCCCCCCCC(N)c1ccc(C)s1. The summed E-state index contributed by atoms with van der Waals surface area (Å²) in [5.41, 5.74) is 6.16. The van der Waals surface area contributed by atoms with Gasteiger partial charge in [0.25, 0.3) is 0 Å². The van der Waals surface area contributed by atoms with Gasteiger partial charge >= 0.3 is 0 Å². The van der Waals surface area contributed by atoms with E-state index in [9.17, 15) is 0 Å². The highest BCUT2D eigenvalue weighted by molar-refractivity contribution is 7.12. The maximum absolute atomic E-state index is 6.16. The van der Waals surface area contributed by atoms with Gasteiger partial charge in [-0.25, -0.2) is 0 Å². The van der Waals surface area contributed by atoms with E-state index in [2.05, 4.69) is 26.0 Å². The first kappa shape index (κ1) is 13.7. The second kappa shape index (κ2) is 7.86. The lowest BCUT2D eigenvalue weighted by molar-refractivity contribution is 0.551. The molecule has 1 aromatic rings. The Morgan fingerprint density at radius 3 is 2.44 bits per heavy atom. The molecule has 0 aliphatic carbocycles. The van der Waals surface area contributed by atoms with Gasteiger partial charge in [0.15, 0.2) is 0 Å². The topological polar surface area (TPSA) is 26.0 Å². The van der Waals surface area contributed by atoms with Gasteiger partial charge in [-0.2, -0.15) is 0 Å². The van der Waals surface area contributed by atoms with Crippen LogP contribution in [0.1, 0.15) is 67.7 Å². The standard InChI is InChI=1S/C14H25NS/c1-3-4-5-6-7-8-9-13(15)14-11-10-12(2)16-14/h10-11,13H,3-9,15H2,1-2H3. The highest BCUT2D eigenvalue weighted by Gasteiger charge is 2.07. The molecule has 1 aromatic heterocycles. The molecule has 0 saturated heterocycles. The summed E-state index contributed by atoms with van der Waals surface area (Å²) >= 11 is 1.84. The molecular weight excluding hydrogens is 214 g/mol. The van der Waals surface area contributed by atoms with Crippen molar-refractivity contribution in [3.05, 3.63) is 21.9 Å². The molecule has 0 bridgehead atoms. The van der Waals surface area contributed by atoms with Crippen LogP contribution in [0.4, 0.5) is 0 Å². The van der Waals surface area contributed by atoms with Crippen LogP contribution in [-0.2, 0) is 0 Å². The van der Waals surface area contributed by atoms with Gasteiger partial charge < -0.3 is 5.73 Å². The number of aryl methyl sites for hydroxylation is 1. The highest BCUT2D eigenvalue weighted by atomic mass is 32.1. The Morgan fingerprint density at radius 2 is 1.81 bits per heavy atom. The van der Waals surface area contributed by atoms with Crippen molar-refractivity contribution < 1.29 is 0 Å². The van der Waals surface area contributed by atoms with E-state index in [0.717, 1.165) is 6.42 Å². The molecule has 16 heavy (non-hydrogen) atoms. The van der Waals surface area contributed by atoms with Crippen molar-refractivity contribution in [3.8, 4) is 0 Å². The lowest BCUT2D eigenvalue weighted by atomic mass is 10.1. The number of unbranched alkanes of at least 4 members (excludes halogenated alkanes) is 5. The van der Waals surface area contributed by atoms with E-state index in [1.54, 1.807) is 0 Å². The molecule has 2 heteroatoms. The Bertz CT molecular complexity index is 280. The van der Waals surface area contributed by atoms with E-state index in [1.165, 1.54) is 48.3 Å². The lowest BCUT2D eigenvalue weighted by Gasteiger charge is -2.08. The van der Waals surface area contributed by atoms with Gasteiger partial charge in [-0.1, -0.05) is 45.4 Å². The molecular formula is C14H25NS. The molecule has 1 rings (SSSR count). The normalized spacial score (nSPS) is 12.9. The first-order chi connectivity index (χ1) is 7.74. The van der Waals surface area contributed by atoms with Crippen LogP contribution in [-0.4, -0.2) is 0 Å². The predicted octanol–water partition coefficient (Wildman–Crippen LogP) is 4.81. The lowest BCUT2D eigenvalue weighted by Crippen LogP contribution is -2.08. The van der Waals surface area contributed by atoms with Crippen LogP contribution in [0.5, 0.6) is 0 Å². The third kappa shape index (κ3) is 5.13. The summed E-state index contributed by atoms with van der Waals surface area (Å²) in [7, 11) is 0. The van der Waals surface area contributed by atoms with Gasteiger partial charge in [-0.3, -0.25) is 0 Å². The van der Waals surface area contributed by atoms with Crippen LogP contribution in [0.2, 0.25) is 0 Å². The van der Waals surface area contributed by atoms with Crippen LogP contribution >= 0.6 is 11.3 Å². The Morgan fingerprint density at radius 1 is 1.12 bits per heavy atom. The van der Waals surface area contributed by atoms with Crippen LogP contribution < -0.4 is 5.73 Å². The Kier molecular flexibility index (Phi) is 6.74. The zero-order chi connectivity index (χ0) is 11.8. The first-order valence-electron chi connectivity index (χ1n) is 6.56. The molecule has 0 amide bonds. The van der Waals surface area contributed by atoms with Gasteiger partial charge in [-0.05, 0) is 25.5 Å². The van der Waals surface area contributed by atoms with Crippen molar-refractivity contribution in [1.82, 2.24) is 0 Å². The minimum Gasteiger partial charge on any atom is -0.323 e. The fourth-order valence-electron chi connectivity index (χ4n) is 1.94. The molecule has 0 saturated carbocycles. The molecule has 0 fully saturated rings. The Balaban J connectivity index is 2.09. The summed E-state index contributed by atoms with van der Waals surface area (Å²) in [6.07, 6.45) is 9.25. The van der Waals surface area contributed by atoms with Crippen molar-refractivity contribution in [3.63, 3.8) is 0 Å². The fraction of sp³-hybridized carbons (Fsp3) is 0.714. The number of thiophene rings is 1. The van der Waals surface area contributed by atoms with E-state index in [4.69, 9.17) is 5.73 Å². The maximum atomic E-state index is 6.16. The summed E-state index contributed by atoms with van der Waals surface area (Å²) < 4.78 is 0. The van der Waals surface area contributed by atoms with Crippen molar-refractivity contribution in [2.75, 3.05) is 0 Å². The molecule has 0 aliphatic heterocycles. The largest absolute Gasteiger partial charge is 0.323 e. The first-order valence-corrected chi connectivity index (χ1v) is 7.37. The fourth-order valence-corrected chi connectivity index (χ4v) is 2.85. The van der Waals surface area contributed by atoms with Crippen LogP contribution in [0, 0.1) is 6.92 Å². The van der Waals surface area contributed by atoms with E-state index in [1.807, 2.05) is 11.3 Å². The smallest absolute Gasteiger partial charge is 0.0389 e. The molecule has 0 aromatic carbocycles. The summed E-state index contributed by atoms with van der Waals surface area (Å²) in [6.45, 7) is 4.40. The van der Waals surface area contributed by atoms with Gasteiger partial charge in [0.2, 0.25) is 0 Å². The summed E-state index contributed by atoms with van der Waals surface area (Å²) in [5.74, 6) is 0. The summed E-state index contributed by atoms with van der Waals surface area (Å²) in [5, 5.41) is 0. The molecule has 0 radical (unpaired) electrons. The highest BCUT2D eigenvalue weighted by Crippen LogP contribution is 2.24. The quantitative estimate of drug-likeness (QED) is 0.647. The molecule has 1 unspecified atom stereocenters. The summed E-state index contributed by atoms with van der Waals surface area (Å²) in [6, 6.07) is 4.62. The molecule has 0 spiro atoms. The predicted molar refractivity (Wildman–Crippen MR) is 74.0 cm³/mol. The second-order valence-electron chi connectivity index (χ2n) is 4.61. The average Bonchev–Trinajstić information content (AvgIpc) is 2.70. The van der Waals surface area contributed by atoms with Crippen molar-refractivity contribution in [2.24, 2.45) is 5.73 Å². The van der Waals surface area contributed by atoms with Crippen molar-refractivity contribution in [2.45, 2.75) is 64.8 Å². The van der Waals surface area contributed by atoms with Crippen molar-refractivity contribution >= 4 is 11.3 Å². The second-order valence-corrected chi connectivity index (χ2v) is 5.93. The maximum Gasteiger partial charge on any atom is 0.0389 e. The van der Waals surface area contributed by atoms with E-state index in [-0.39, 0.29) is 6.04 Å². The molecule has 2 N–H and O–H groups in total. The third-order valence-corrected chi connectivity index (χ3v) is 4.13. The van der Waals surface area contributed by atoms with Crippen LogP contribution in [0.25, 0.3) is 0 Å². The number of nitrogens with two attached hydrogens (primary N) is 1. The zero-order valence-electron chi connectivity index (χ0n) is 10.7. The zero-order valence-corrected chi connectivity index (χ0v) is 11.5.